The van der Waals surface area contributed by atoms with Crippen LogP contribution in [0.4, 0.5) is 5.69 Å². The zero-order valence-electron chi connectivity index (χ0n) is 21.9. The van der Waals surface area contributed by atoms with Gasteiger partial charge in [-0.15, -0.1) is 0 Å². The van der Waals surface area contributed by atoms with Crippen molar-refractivity contribution < 1.29 is 27.5 Å². The average molecular weight is 587 g/mol. The van der Waals surface area contributed by atoms with Gasteiger partial charge in [0.05, 0.1) is 22.0 Å². The van der Waals surface area contributed by atoms with Gasteiger partial charge < -0.3 is 19.7 Å². The molecule has 1 N–H and O–H groups in total. The lowest BCUT2D eigenvalue weighted by molar-refractivity contribution is -0.140. The van der Waals surface area contributed by atoms with Gasteiger partial charge in [0.15, 0.2) is 11.5 Å². The summed E-state index contributed by atoms with van der Waals surface area (Å²) in [6.45, 7) is 6.40. The summed E-state index contributed by atoms with van der Waals surface area (Å²) in [5, 5.41) is 3.55. The predicted molar refractivity (Wildman–Crippen MR) is 149 cm³/mol. The highest BCUT2D eigenvalue weighted by molar-refractivity contribution is 7.92. The topological polar surface area (TPSA) is 105 Å². The summed E-state index contributed by atoms with van der Waals surface area (Å²) in [4.78, 5) is 28.3. The molecule has 0 bridgehead atoms. The van der Waals surface area contributed by atoms with Crippen LogP contribution in [-0.2, 0) is 26.2 Å². The normalized spacial score (nSPS) is 13.7. The maximum Gasteiger partial charge on any atom is 0.244 e. The van der Waals surface area contributed by atoms with E-state index in [1.54, 1.807) is 37.3 Å². The smallest absolute Gasteiger partial charge is 0.244 e. The molecule has 0 unspecified atom stereocenters. The number of fused-ring (bicyclic) bond motifs is 1. The number of nitrogens with one attached hydrogen (secondary N) is 1. The van der Waals surface area contributed by atoms with Gasteiger partial charge in [-0.05, 0) is 42.2 Å². The number of sulfonamides is 1. The molecule has 0 aromatic heterocycles. The van der Waals surface area contributed by atoms with Gasteiger partial charge in [0.1, 0.15) is 25.8 Å². The summed E-state index contributed by atoms with van der Waals surface area (Å²) < 4.78 is 37.8. The van der Waals surface area contributed by atoms with Crippen LogP contribution in [-0.4, -0.2) is 63.7 Å². The molecule has 12 heteroatoms. The van der Waals surface area contributed by atoms with E-state index in [4.69, 9.17) is 32.7 Å². The quantitative estimate of drug-likeness (QED) is 0.425. The average Bonchev–Trinajstić information content (AvgIpc) is 2.86. The number of nitrogens with zero attached hydrogens (tertiary/aromatic N) is 2. The minimum Gasteiger partial charge on any atom is -0.486 e. The second kappa shape index (κ2) is 12.9. The third kappa shape index (κ3) is 7.68. The van der Waals surface area contributed by atoms with E-state index in [9.17, 15) is 18.0 Å². The van der Waals surface area contributed by atoms with Gasteiger partial charge in [0, 0.05) is 19.2 Å². The molecule has 0 aliphatic carbocycles. The van der Waals surface area contributed by atoms with Crippen LogP contribution in [0.25, 0.3) is 0 Å². The molecule has 0 radical (unpaired) electrons. The monoisotopic (exact) mass is 585 g/mol. The second-order valence-electron chi connectivity index (χ2n) is 9.43. The first kappa shape index (κ1) is 29.9. The largest absolute Gasteiger partial charge is 0.486 e. The third-order valence-electron chi connectivity index (χ3n) is 5.90. The van der Waals surface area contributed by atoms with Crippen molar-refractivity contribution in [3.8, 4) is 11.5 Å². The molecule has 1 aliphatic rings. The minimum atomic E-state index is -3.88. The molecule has 1 aliphatic heterocycles. The van der Waals surface area contributed by atoms with Crippen LogP contribution < -0.4 is 19.1 Å². The van der Waals surface area contributed by atoms with Crippen molar-refractivity contribution in [3.05, 3.63) is 52.0 Å². The number of amides is 2. The van der Waals surface area contributed by atoms with Crippen molar-refractivity contribution in [2.45, 2.75) is 39.8 Å². The van der Waals surface area contributed by atoms with E-state index in [1.165, 1.54) is 11.0 Å². The van der Waals surface area contributed by atoms with E-state index >= 15 is 0 Å². The molecular weight excluding hydrogens is 553 g/mol. The third-order valence-corrected chi connectivity index (χ3v) is 7.78. The maximum absolute atomic E-state index is 13.8. The summed E-state index contributed by atoms with van der Waals surface area (Å²) in [6.07, 6.45) is 1.34. The highest BCUT2D eigenvalue weighted by atomic mass is 35.5. The van der Waals surface area contributed by atoms with E-state index in [0.717, 1.165) is 10.6 Å². The van der Waals surface area contributed by atoms with Crippen LogP contribution >= 0.6 is 23.2 Å². The van der Waals surface area contributed by atoms with Crippen molar-refractivity contribution in [1.82, 2.24) is 10.2 Å². The molecule has 0 spiro atoms. The Hall–Kier alpha value is -2.69. The number of benzene rings is 2. The van der Waals surface area contributed by atoms with Crippen molar-refractivity contribution in [1.29, 1.82) is 0 Å². The lowest BCUT2D eigenvalue weighted by Gasteiger charge is -2.33. The Labute approximate surface area is 234 Å². The zero-order valence-corrected chi connectivity index (χ0v) is 24.2. The van der Waals surface area contributed by atoms with Gasteiger partial charge in [-0.25, -0.2) is 8.42 Å². The Morgan fingerprint density at radius 2 is 1.71 bits per heavy atom. The molecule has 208 valence electrons. The lowest BCUT2D eigenvalue weighted by Crippen LogP contribution is -2.52. The van der Waals surface area contributed by atoms with Gasteiger partial charge >= 0.3 is 0 Å². The maximum atomic E-state index is 13.8. The molecule has 2 amide bonds. The molecule has 2 aromatic carbocycles. The Morgan fingerprint density at radius 1 is 1.03 bits per heavy atom. The van der Waals surface area contributed by atoms with Crippen molar-refractivity contribution in [2.75, 3.05) is 36.9 Å². The number of hydrogen-bond acceptors (Lipinski definition) is 6. The minimum absolute atomic E-state index is 0.0298. The zero-order chi connectivity index (χ0) is 28.0. The molecule has 2 aromatic rings. The SMILES string of the molecule is CC[C@H](C(=O)NCC(C)C)N(Cc1ccc(Cl)c(Cl)c1)C(=O)CN(c1ccc2c(c1)OCCO2)S(C)(=O)=O. The van der Waals surface area contributed by atoms with E-state index in [2.05, 4.69) is 5.32 Å². The van der Waals surface area contributed by atoms with E-state index in [1.807, 2.05) is 13.8 Å². The molecule has 0 saturated carbocycles. The summed E-state index contributed by atoms with van der Waals surface area (Å²) in [6, 6.07) is 8.79. The fraction of sp³-hybridized carbons (Fsp3) is 0.462. The summed E-state index contributed by atoms with van der Waals surface area (Å²) in [5.74, 6) is 0.227. The standard InChI is InChI=1S/C26H33Cl2N3O6S/c1-5-22(26(33)29-14-17(2)3)30(15-18-6-8-20(27)21(28)12-18)25(32)16-31(38(4,34)35)19-7-9-23-24(13-19)37-11-10-36-23/h6-9,12-13,17,22H,5,10-11,14-16H2,1-4H3,(H,29,33)/t22-/m1/s1. The predicted octanol–water partition coefficient (Wildman–Crippen LogP) is 4.11. The number of carbonyl (C=O) groups is 2. The van der Waals surface area contributed by atoms with Crippen LogP contribution in [0.2, 0.25) is 10.0 Å². The fourth-order valence-electron chi connectivity index (χ4n) is 3.98. The van der Waals surface area contributed by atoms with Crippen molar-refractivity contribution >= 4 is 50.7 Å². The molecule has 1 heterocycles. The number of rotatable bonds is 11. The van der Waals surface area contributed by atoms with Crippen molar-refractivity contribution in [3.63, 3.8) is 0 Å². The first-order chi connectivity index (χ1) is 17.9. The Kier molecular flexibility index (Phi) is 10.1. The summed E-state index contributed by atoms with van der Waals surface area (Å²) in [5.41, 5.74) is 0.894. The Morgan fingerprint density at radius 3 is 2.32 bits per heavy atom. The lowest BCUT2D eigenvalue weighted by atomic mass is 10.1. The number of halogens is 2. The van der Waals surface area contributed by atoms with Gasteiger partial charge in [-0.2, -0.15) is 0 Å². The van der Waals surface area contributed by atoms with E-state index in [-0.39, 0.29) is 24.1 Å². The van der Waals surface area contributed by atoms with E-state index < -0.39 is 28.5 Å². The molecule has 0 fully saturated rings. The van der Waals surface area contributed by atoms with Crippen LogP contribution in [0.15, 0.2) is 36.4 Å². The molecule has 38 heavy (non-hydrogen) atoms. The van der Waals surface area contributed by atoms with Crippen LogP contribution in [0.3, 0.4) is 0 Å². The number of ether oxygens (including phenoxy) is 2. The highest BCUT2D eigenvalue weighted by Crippen LogP contribution is 2.35. The first-order valence-corrected chi connectivity index (χ1v) is 14.9. The molecule has 3 rings (SSSR count). The van der Waals surface area contributed by atoms with Gasteiger partial charge in [0.2, 0.25) is 21.8 Å². The Balaban J connectivity index is 1.95. The van der Waals surface area contributed by atoms with Gasteiger partial charge in [-0.1, -0.05) is 50.0 Å². The highest BCUT2D eigenvalue weighted by Gasteiger charge is 2.32. The molecule has 1 atom stereocenters. The van der Waals surface area contributed by atoms with Gasteiger partial charge in [0.25, 0.3) is 0 Å². The molecule has 9 nitrogen and oxygen atoms in total. The Bertz CT molecular complexity index is 1270. The van der Waals surface area contributed by atoms with E-state index in [0.29, 0.717) is 53.3 Å². The number of hydrogen-bond donors (Lipinski definition) is 1. The van der Waals surface area contributed by atoms with Crippen LogP contribution in [0.1, 0.15) is 32.8 Å². The van der Waals surface area contributed by atoms with Crippen molar-refractivity contribution in [2.24, 2.45) is 5.92 Å². The van der Waals surface area contributed by atoms with Gasteiger partial charge in [-0.3, -0.25) is 13.9 Å². The molecule has 0 saturated heterocycles. The van der Waals surface area contributed by atoms with Crippen LogP contribution in [0, 0.1) is 5.92 Å². The molecular formula is C26H33Cl2N3O6S. The summed E-state index contributed by atoms with van der Waals surface area (Å²) in [7, 11) is -3.88. The summed E-state index contributed by atoms with van der Waals surface area (Å²) >= 11 is 12.3. The number of carbonyl (C=O) groups excluding carboxylic acids is 2. The fourth-order valence-corrected chi connectivity index (χ4v) is 5.14. The second-order valence-corrected chi connectivity index (χ2v) is 12.2. The number of anilines is 1. The first-order valence-electron chi connectivity index (χ1n) is 12.3. The van der Waals surface area contributed by atoms with Crippen LogP contribution in [0.5, 0.6) is 11.5 Å².